The van der Waals surface area contributed by atoms with E-state index in [1.807, 2.05) is 0 Å². The largest absolute Gasteiger partial charge is 0.323 e. The molecule has 0 saturated carbocycles. The van der Waals surface area contributed by atoms with Crippen molar-refractivity contribution in [3.05, 3.63) is 16.9 Å². The normalized spacial score (nSPS) is 9.29. The molecule has 38 valence electrons. The molecule has 0 bridgehead atoms. The van der Waals surface area contributed by atoms with E-state index in [2.05, 4.69) is 21.0 Å². The summed E-state index contributed by atoms with van der Waals surface area (Å²) in [6.07, 6.45) is 1.66. The van der Waals surface area contributed by atoms with Crippen LogP contribution in [0, 0.1) is 0 Å². The molecule has 0 radical (unpaired) electrons. The topological polar surface area (TPSA) is 43.8 Å². The first-order chi connectivity index (χ1) is 3.29. The predicted octanol–water partition coefficient (Wildman–Crippen LogP) is 0.359. The van der Waals surface area contributed by atoms with Gasteiger partial charge >= 0.3 is 0 Å². The molecule has 0 atom stereocenters. The van der Waals surface area contributed by atoms with Gasteiger partial charge in [0.15, 0.2) is 0 Å². The molecule has 0 fully saturated rings. The molecule has 0 saturated heterocycles. The number of hydrogen-bond donors (Lipinski definition) is 1. The third-order valence-corrected chi connectivity index (χ3v) is 0.999. The van der Waals surface area contributed by atoms with E-state index in [1.54, 1.807) is 12.3 Å². The second-order valence-corrected chi connectivity index (χ2v) is 1.93. The molecule has 0 amide bonds. The Morgan fingerprint density at radius 2 is 2.57 bits per heavy atom. The van der Waals surface area contributed by atoms with Gasteiger partial charge in [0.1, 0.15) is 4.60 Å². The van der Waals surface area contributed by atoms with E-state index in [4.69, 9.17) is 5.84 Å². The molecule has 3 nitrogen and oxygen atoms in total. The third kappa shape index (κ3) is 0.928. The van der Waals surface area contributed by atoms with Crippen LogP contribution in [0.25, 0.3) is 0 Å². The van der Waals surface area contributed by atoms with Gasteiger partial charge in [0.25, 0.3) is 0 Å². The van der Waals surface area contributed by atoms with Crippen LogP contribution in [0.2, 0.25) is 0 Å². The minimum Gasteiger partial charge on any atom is -0.323 e. The van der Waals surface area contributed by atoms with E-state index < -0.39 is 0 Å². The average Bonchev–Trinajstić information content (AvgIpc) is 1.87. The summed E-state index contributed by atoms with van der Waals surface area (Å²) in [7, 11) is 0. The lowest BCUT2D eigenvalue weighted by atomic mass is 10.8. The number of nitrogens with two attached hydrogens (primary N) is 1. The number of nitrogens with zero attached hydrogens (tertiary/aromatic N) is 2. The molecule has 0 aliphatic carbocycles. The summed E-state index contributed by atoms with van der Waals surface area (Å²) in [4.78, 5) is 1.24. The summed E-state index contributed by atoms with van der Waals surface area (Å²) in [5.74, 6) is 5.15. The zero-order chi connectivity index (χ0) is 5.28. The fourth-order valence-corrected chi connectivity index (χ4v) is 0.616. The van der Waals surface area contributed by atoms with Crippen LogP contribution in [0.4, 0.5) is 0 Å². The highest BCUT2D eigenvalue weighted by atomic mass is 79.9. The molecule has 1 rings (SSSR count). The first kappa shape index (κ1) is 4.64. The summed E-state index contributed by atoms with van der Waals surface area (Å²) < 4.78 is 0.759. The molecule has 1 aromatic rings. The zero-order valence-corrected chi connectivity index (χ0v) is 5.09. The van der Waals surface area contributed by atoms with Crippen LogP contribution in [0.3, 0.4) is 0 Å². The van der Waals surface area contributed by atoms with Crippen molar-refractivity contribution in [3.8, 4) is 0 Å². The lowest BCUT2D eigenvalue weighted by molar-refractivity contribution is 0.823. The molecule has 0 aliphatic heterocycles. The molecule has 0 spiro atoms. The van der Waals surface area contributed by atoms with Gasteiger partial charge in [-0.25, -0.2) is 0 Å². The van der Waals surface area contributed by atoms with Gasteiger partial charge in [-0.05, 0) is 22.0 Å². The average molecular weight is 162 g/mol. The second kappa shape index (κ2) is 1.54. The van der Waals surface area contributed by atoms with E-state index in [-0.39, 0.29) is 0 Å². The van der Waals surface area contributed by atoms with Gasteiger partial charge in [-0.2, -0.15) is 4.79 Å². The fraction of sp³-hybridized carbons (Fsp3) is 0. The Balaban J connectivity index is 3.04. The molecule has 0 aliphatic rings. The molecule has 1 aromatic heterocycles. The number of nitrogen functional groups attached to an aromatic ring is 1. The van der Waals surface area contributed by atoms with Gasteiger partial charge < -0.3 is 5.84 Å². The van der Waals surface area contributed by atoms with Crippen molar-refractivity contribution < 1.29 is 0 Å². The number of hydrogen-bond acceptors (Lipinski definition) is 2. The Bertz CT molecular complexity index is 142. The number of rotatable bonds is 0. The van der Waals surface area contributed by atoms with Gasteiger partial charge in [-0.3, -0.25) is 0 Å². The fourth-order valence-electron chi connectivity index (χ4n) is 0.315. The summed E-state index contributed by atoms with van der Waals surface area (Å²) in [6, 6.07) is 1.76. The molecule has 7 heavy (non-hydrogen) atoms. The van der Waals surface area contributed by atoms with Crippen molar-refractivity contribution in [2.24, 2.45) is 0 Å². The van der Waals surface area contributed by atoms with Crippen LogP contribution in [-0.4, -0.2) is 9.89 Å². The van der Waals surface area contributed by atoms with Crippen molar-refractivity contribution in [1.29, 1.82) is 0 Å². The highest BCUT2D eigenvalue weighted by molar-refractivity contribution is 9.10. The molecular weight excluding hydrogens is 158 g/mol. The lowest BCUT2D eigenvalue weighted by Crippen LogP contribution is -2.07. The maximum Gasteiger partial charge on any atom is 0.130 e. The molecule has 0 aromatic carbocycles. The molecule has 1 heterocycles. The number of aromatic nitrogens is 2. The summed E-state index contributed by atoms with van der Waals surface area (Å²) in [6.45, 7) is 0. The monoisotopic (exact) mass is 161 g/mol. The molecule has 4 heteroatoms. The van der Waals surface area contributed by atoms with Crippen molar-refractivity contribution >= 4 is 15.9 Å². The van der Waals surface area contributed by atoms with Gasteiger partial charge in [0.2, 0.25) is 0 Å². The van der Waals surface area contributed by atoms with E-state index in [0.717, 1.165) is 4.60 Å². The van der Waals surface area contributed by atoms with E-state index >= 15 is 0 Å². The highest BCUT2D eigenvalue weighted by Gasteiger charge is 1.84. The quantitative estimate of drug-likeness (QED) is 0.559. The summed E-state index contributed by atoms with van der Waals surface area (Å²) in [5.41, 5.74) is 0. The second-order valence-electron chi connectivity index (χ2n) is 1.12. The van der Waals surface area contributed by atoms with Gasteiger partial charge in [0.05, 0.1) is 0 Å². The Morgan fingerprint density at radius 3 is 2.71 bits per heavy atom. The minimum absolute atomic E-state index is 0.759. The predicted molar refractivity (Wildman–Crippen MR) is 30.1 cm³/mol. The van der Waals surface area contributed by atoms with Crippen molar-refractivity contribution in [2.75, 3.05) is 5.84 Å². The van der Waals surface area contributed by atoms with Gasteiger partial charge in [-0.15, -0.1) is 5.10 Å². The zero-order valence-electron chi connectivity index (χ0n) is 3.50. The standard InChI is InChI=1S/C3H4BrN3/c4-3-1-2-7(5)6-3/h1-2H,5H2. The third-order valence-electron chi connectivity index (χ3n) is 0.576. The lowest BCUT2D eigenvalue weighted by Gasteiger charge is -1.80. The molecule has 2 N–H and O–H groups in total. The highest BCUT2D eigenvalue weighted by Crippen LogP contribution is 2.00. The summed E-state index contributed by atoms with van der Waals surface area (Å²) in [5, 5.41) is 3.72. The van der Waals surface area contributed by atoms with Crippen molar-refractivity contribution in [2.45, 2.75) is 0 Å². The van der Waals surface area contributed by atoms with Gasteiger partial charge in [0, 0.05) is 6.20 Å². The van der Waals surface area contributed by atoms with Crippen LogP contribution < -0.4 is 5.84 Å². The van der Waals surface area contributed by atoms with Crippen molar-refractivity contribution in [3.63, 3.8) is 0 Å². The summed E-state index contributed by atoms with van der Waals surface area (Å²) >= 11 is 3.12. The maximum absolute atomic E-state index is 5.15. The van der Waals surface area contributed by atoms with Gasteiger partial charge in [-0.1, -0.05) is 0 Å². The number of halogens is 1. The Hall–Kier alpha value is -0.510. The first-order valence-corrected chi connectivity index (χ1v) is 2.54. The first-order valence-electron chi connectivity index (χ1n) is 1.75. The van der Waals surface area contributed by atoms with E-state index in [1.165, 1.54) is 4.79 Å². The van der Waals surface area contributed by atoms with E-state index in [0.29, 0.717) is 0 Å². The molecular formula is C3H4BrN3. The Kier molecular flexibility index (Phi) is 1.02. The molecule has 0 unspecified atom stereocenters. The van der Waals surface area contributed by atoms with Crippen LogP contribution in [0.5, 0.6) is 0 Å². The van der Waals surface area contributed by atoms with Crippen molar-refractivity contribution in [1.82, 2.24) is 9.89 Å². The minimum atomic E-state index is 0.759. The Morgan fingerprint density at radius 1 is 1.86 bits per heavy atom. The Labute approximate surface area is 49.2 Å². The van der Waals surface area contributed by atoms with Crippen LogP contribution in [0.1, 0.15) is 0 Å². The van der Waals surface area contributed by atoms with Crippen LogP contribution in [-0.2, 0) is 0 Å². The van der Waals surface area contributed by atoms with Crippen LogP contribution >= 0.6 is 15.9 Å². The van der Waals surface area contributed by atoms with E-state index in [9.17, 15) is 0 Å². The van der Waals surface area contributed by atoms with Crippen LogP contribution in [0.15, 0.2) is 16.9 Å². The maximum atomic E-state index is 5.15. The SMILES string of the molecule is Nn1ccc(Br)n1. The smallest absolute Gasteiger partial charge is 0.130 e.